The lowest BCUT2D eigenvalue weighted by molar-refractivity contribution is -0.446. The van der Waals surface area contributed by atoms with Gasteiger partial charge in [-0.2, -0.15) is 15.0 Å². The van der Waals surface area contributed by atoms with Crippen LogP contribution in [0.5, 0.6) is 0 Å². The van der Waals surface area contributed by atoms with Crippen molar-refractivity contribution in [1.82, 2.24) is 15.0 Å². The molecule has 1 rings (SSSR count). The molecule has 0 fully saturated rings. The van der Waals surface area contributed by atoms with Gasteiger partial charge in [-0.05, 0) is 0 Å². The topological polar surface area (TPSA) is 187 Å². The molecule has 0 atom stereocenters. The number of aromatic nitrogens is 3. The first-order valence-corrected chi connectivity index (χ1v) is 3.49. The normalized spacial score (nSPS) is 10.4. The highest BCUT2D eigenvalue weighted by Crippen LogP contribution is 1.97. The molecule has 0 spiro atoms. The Bertz CT molecular complexity index is 262. The number of aliphatic hydroxyl groups is 3. The Balaban J connectivity index is 0.000000288. The van der Waals surface area contributed by atoms with Gasteiger partial charge in [-0.15, -0.1) is 0 Å². The maximum atomic E-state index is 7.72. The summed E-state index contributed by atoms with van der Waals surface area (Å²) in [5.74, 6) is 0.125. The van der Waals surface area contributed by atoms with E-state index < -0.39 is 6.16 Å². The number of anilines is 3. The molecule has 0 saturated heterocycles. The maximum Gasteiger partial charge on any atom is 0.404 e. The molecule has 0 bridgehead atoms. The van der Waals surface area contributed by atoms with Gasteiger partial charge in [-0.25, -0.2) is 0 Å². The Morgan fingerprint density at radius 3 is 1.27 bits per heavy atom. The highest BCUT2D eigenvalue weighted by molar-refractivity contribution is 5.33. The number of nitrogen functional groups attached to an aromatic ring is 3. The van der Waals surface area contributed by atoms with Crippen molar-refractivity contribution in [2.24, 2.45) is 0 Å². The lowest BCUT2D eigenvalue weighted by Crippen LogP contribution is -2.28. The molecule has 10 nitrogen and oxygen atoms in total. The van der Waals surface area contributed by atoms with Gasteiger partial charge in [0.1, 0.15) is 0 Å². The van der Waals surface area contributed by atoms with Crippen LogP contribution >= 0.6 is 0 Å². The lowest BCUT2D eigenvalue weighted by Gasteiger charge is -2.07. The fraction of sp³-hybridized carbons (Fsp3) is 0.400. The molecule has 0 aromatic carbocycles. The number of nitrogens with two attached hydrogens (primary N) is 3. The van der Waals surface area contributed by atoms with Crippen molar-refractivity contribution in [3.05, 3.63) is 0 Å². The van der Waals surface area contributed by atoms with E-state index in [1.165, 1.54) is 0 Å². The van der Waals surface area contributed by atoms with E-state index in [-0.39, 0.29) is 17.8 Å². The van der Waals surface area contributed by atoms with Crippen molar-refractivity contribution in [2.75, 3.05) is 24.3 Å². The Morgan fingerprint density at radius 1 is 0.933 bits per heavy atom. The van der Waals surface area contributed by atoms with Gasteiger partial charge in [-0.3, -0.25) is 0 Å². The molecule has 0 saturated carbocycles. The lowest BCUT2D eigenvalue weighted by atomic mass is 10.9. The van der Waals surface area contributed by atoms with E-state index in [1.54, 1.807) is 0 Å². The summed E-state index contributed by atoms with van der Waals surface area (Å²) in [4.78, 5) is 10.5. The maximum absolute atomic E-state index is 7.72. The molecule has 9 N–H and O–H groups in total. The second kappa shape index (κ2) is 5.21. The van der Waals surface area contributed by atoms with Gasteiger partial charge in [0.2, 0.25) is 17.8 Å². The zero-order valence-corrected chi connectivity index (χ0v) is 7.82. The first-order valence-electron chi connectivity index (χ1n) is 3.49. The van der Waals surface area contributed by atoms with E-state index >= 15 is 0 Å². The third-order valence-electron chi connectivity index (χ3n) is 0.961. The fourth-order valence-corrected chi connectivity index (χ4v) is 0.427. The van der Waals surface area contributed by atoms with Crippen LogP contribution in [-0.2, 0) is 4.74 Å². The van der Waals surface area contributed by atoms with E-state index in [9.17, 15) is 0 Å². The summed E-state index contributed by atoms with van der Waals surface area (Å²) in [5, 5.41) is 23.1. The quantitative estimate of drug-likeness (QED) is 0.263. The zero-order valence-electron chi connectivity index (χ0n) is 7.82. The zero-order chi connectivity index (χ0) is 12.1. The van der Waals surface area contributed by atoms with Crippen molar-refractivity contribution >= 4 is 17.8 Å². The SMILES string of the molecule is COC(O)(O)O.Nc1nc(N)nc(N)n1. The van der Waals surface area contributed by atoms with E-state index in [1.807, 2.05) is 0 Å². The van der Waals surface area contributed by atoms with Gasteiger partial charge in [-0.1, -0.05) is 0 Å². The van der Waals surface area contributed by atoms with Crippen LogP contribution in [0.1, 0.15) is 0 Å². The van der Waals surface area contributed by atoms with Crippen LogP contribution in [0.25, 0.3) is 0 Å². The first-order chi connectivity index (χ1) is 6.74. The Labute approximate surface area is 84.3 Å². The highest BCUT2D eigenvalue weighted by Gasteiger charge is 2.14. The number of hydrogen-bond donors (Lipinski definition) is 6. The summed E-state index contributed by atoms with van der Waals surface area (Å²) < 4.78 is 3.60. The molecular weight excluding hydrogens is 208 g/mol. The largest absolute Gasteiger partial charge is 0.404 e. The molecule has 1 aromatic heterocycles. The predicted octanol–water partition coefficient (Wildman–Crippen LogP) is -3.16. The molecule has 0 amide bonds. The summed E-state index contributed by atoms with van der Waals surface area (Å²) in [6, 6.07) is 0. The molecule has 1 heterocycles. The van der Waals surface area contributed by atoms with Gasteiger partial charge in [0, 0.05) is 7.11 Å². The number of rotatable bonds is 1. The Kier molecular flexibility index (Phi) is 4.60. The number of hydrogen-bond acceptors (Lipinski definition) is 10. The molecule has 1 aromatic rings. The van der Waals surface area contributed by atoms with Gasteiger partial charge in [0.25, 0.3) is 0 Å². The van der Waals surface area contributed by atoms with Crippen molar-refractivity contribution in [2.45, 2.75) is 6.16 Å². The molecule has 0 aliphatic heterocycles. The van der Waals surface area contributed by atoms with Crippen LogP contribution in [0.3, 0.4) is 0 Å². The third kappa shape index (κ3) is 7.33. The van der Waals surface area contributed by atoms with Crippen LogP contribution in [-0.4, -0.2) is 43.5 Å². The summed E-state index contributed by atoms with van der Waals surface area (Å²) >= 11 is 0. The number of methoxy groups -OCH3 is 1. The summed E-state index contributed by atoms with van der Waals surface area (Å²) in [6.07, 6.45) is -2.96. The van der Waals surface area contributed by atoms with Gasteiger partial charge in [0.05, 0.1) is 0 Å². The van der Waals surface area contributed by atoms with Crippen LogP contribution < -0.4 is 17.2 Å². The van der Waals surface area contributed by atoms with E-state index in [0.29, 0.717) is 0 Å². The molecule has 10 heteroatoms. The minimum atomic E-state index is -2.96. The Morgan fingerprint density at radius 2 is 1.13 bits per heavy atom. The number of nitrogens with zero attached hydrogens (tertiary/aromatic N) is 3. The molecule has 0 radical (unpaired) electrons. The average molecular weight is 220 g/mol. The van der Waals surface area contributed by atoms with Crippen molar-refractivity contribution < 1.29 is 20.1 Å². The van der Waals surface area contributed by atoms with E-state index in [4.69, 9.17) is 32.5 Å². The van der Waals surface area contributed by atoms with E-state index in [2.05, 4.69) is 19.7 Å². The smallest absolute Gasteiger partial charge is 0.368 e. The monoisotopic (exact) mass is 220 g/mol. The molecule has 0 unspecified atom stereocenters. The molecule has 86 valence electrons. The standard InChI is InChI=1S/C3H6N6.C2H6O4/c4-1-7-2(5)9-3(6)8-1;1-6-2(3,4)5/h(H6,4,5,6,7,8,9);3-5H,1H3. The summed E-state index contributed by atoms with van der Waals surface area (Å²) in [6.45, 7) is 0. The Hall–Kier alpha value is -1.75. The fourth-order valence-electron chi connectivity index (χ4n) is 0.427. The molecule has 0 aliphatic carbocycles. The average Bonchev–Trinajstić information content (AvgIpc) is 2.01. The minimum Gasteiger partial charge on any atom is -0.368 e. The summed E-state index contributed by atoms with van der Waals surface area (Å²) in [7, 11) is 0.958. The van der Waals surface area contributed by atoms with E-state index in [0.717, 1.165) is 7.11 Å². The summed E-state index contributed by atoms with van der Waals surface area (Å²) in [5.41, 5.74) is 15.4. The van der Waals surface area contributed by atoms with Crippen LogP contribution in [0, 0.1) is 0 Å². The molecular formula is C5H12N6O4. The molecule has 0 aliphatic rings. The van der Waals surface area contributed by atoms with Crippen molar-refractivity contribution in [1.29, 1.82) is 0 Å². The van der Waals surface area contributed by atoms with Gasteiger partial charge >= 0.3 is 6.16 Å². The second-order valence-corrected chi connectivity index (χ2v) is 2.19. The molecule has 15 heavy (non-hydrogen) atoms. The minimum absolute atomic E-state index is 0.0417. The second-order valence-electron chi connectivity index (χ2n) is 2.19. The highest BCUT2D eigenvalue weighted by atomic mass is 16.9. The van der Waals surface area contributed by atoms with Gasteiger partial charge in [0.15, 0.2) is 0 Å². The first kappa shape index (κ1) is 13.2. The third-order valence-corrected chi connectivity index (χ3v) is 0.961. The van der Waals surface area contributed by atoms with Crippen LogP contribution in [0.15, 0.2) is 0 Å². The van der Waals surface area contributed by atoms with Crippen molar-refractivity contribution in [3.8, 4) is 0 Å². The van der Waals surface area contributed by atoms with Crippen LogP contribution in [0.4, 0.5) is 17.8 Å². The number of ether oxygens (including phenoxy) is 1. The van der Waals surface area contributed by atoms with Crippen molar-refractivity contribution in [3.63, 3.8) is 0 Å². The predicted molar refractivity (Wildman–Crippen MR) is 49.5 cm³/mol. The van der Waals surface area contributed by atoms with Crippen LogP contribution in [0.2, 0.25) is 0 Å². The van der Waals surface area contributed by atoms with Gasteiger partial charge < -0.3 is 37.3 Å².